The van der Waals surface area contributed by atoms with Crippen LogP contribution in [0.4, 0.5) is 5.69 Å². The van der Waals surface area contributed by atoms with E-state index in [0.717, 1.165) is 25.8 Å². The number of nitrogens with two attached hydrogens (primary N) is 1. The Bertz CT molecular complexity index is 491. The van der Waals surface area contributed by atoms with E-state index >= 15 is 0 Å². The number of aliphatic hydroxyl groups excluding tert-OH is 1. The Morgan fingerprint density at radius 1 is 1.43 bits per heavy atom. The molecular formula is C17H27N3O. The van der Waals surface area contributed by atoms with Crippen molar-refractivity contribution in [3.05, 3.63) is 29.3 Å². The molecule has 0 amide bonds. The minimum atomic E-state index is 0.193. The molecule has 1 aliphatic heterocycles. The van der Waals surface area contributed by atoms with Crippen molar-refractivity contribution >= 4 is 5.69 Å². The molecule has 0 radical (unpaired) electrons. The van der Waals surface area contributed by atoms with E-state index in [-0.39, 0.29) is 12.6 Å². The van der Waals surface area contributed by atoms with Crippen LogP contribution < -0.4 is 16.0 Å². The Kier molecular flexibility index (Phi) is 4.48. The largest absolute Gasteiger partial charge is 0.396 e. The quantitative estimate of drug-likeness (QED) is 0.767. The van der Waals surface area contributed by atoms with Gasteiger partial charge >= 0.3 is 0 Å². The topological polar surface area (TPSA) is 61.5 Å². The van der Waals surface area contributed by atoms with E-state index in [0.29, 0.717) is 18.5 Å². The minimum Gasteiger partial charge on any atom is -0.396 e. The fraction of sp³-hybridized carbons (Fsp3) is 0.647. The molecule has 21 heavy (non-hydrogen) atoms. The fourth-order valence-corrected chi connectivity index (χ4v) is 3.84. The van der Waals surface area contributed by atoms with Crippen molar-refractivity contribution in [2.45, 2.75) is 37.8 Å². The van der Waals surface area contributed by atoms with Crippen molar-refractivity contribution in [1.29, 1.82) is 0 Å². The van der Waals surface area contributed by atoms with Crippen molar-refractivity contribution < 1.29 is 5.11 Å². The van der Waals surface area contributed by atoms with Gasteiger partial charge in [0.1, 0.15) is 0 Å². The summed E-state index contributed by atoms with van der Waals surface area (Å²) in [6, 6.07) is 7.33. The molecule has 3 unspecified atom stereocenters. The molecule has 2 aliphatic rings. The molecule has 4 N–H and O–H groups in total. The van der Waals surface area contributed by atoms with Crippen LogP contribution >= 0.6 is 0 Å². The van der Waals surface area contributed by atoms with Gasteiger partial charge in [-0.25, -0.2) is 0 Å². The third-order valence-electron chi connectivity index (χ3n) is 5.18. The number of likely N-dealkylation sites (N-methyl/N-ethyl adjacent to an activating group) is 1. The van der Waals surface area contributed by atoms with E-state index in [4.69, 9.17) is 5.73 Å². The maximum Gasteiger partial charge on any atom is 0.0474 e. The van der Waals surface area contributed by atoms with Crippen LogP contribution in [0.2, 0.25) is 0 Å². The molecule has 3 rings (SSSR count). The summed E-state index contributed by atoms with van der Waals surface area (Å²) < 4.78 is 0. The van der Waals surface area contributed by atoms with E-state index in [1.54, 1.807) is 0 Å². The molecule has 0 bridgehead atoms. The van der Waals surface area contributed by atoms with Crippen molar-refractivity contribution in [2.24, 2.45) is 11.7 Å². The number of nitrogens with zero attached hydrogens (tertiary/aromatic N) is 1. The molecule has 116 valence electrons. The van der Waals surface area contributed by atoms with Gasteiger partial charge in [-0.15, -0.1) is 0 Å². The van der Waals surface area contributed by atoms with E-state index < -0.39 is 0 Å². The molecule has 1 fully saturated rings. The zero-order chi connectivity index (χ0) is 14.8. The van der Waals surface area contributed by atoms with Crippen LogP contribution in [-0.4, -0.2) is 37.9 Å². The average Bonchev–Trinajstić information content (AvgIpc) is 3.11. The molecule has 4 nitrogen and oxygen atoms in total. The summed E-state index contributed by atoms with van der Waals surface area (Å²) >= 11 is 0. The SMILES string of the molecule is CN1CCc2cc(C(CN)NC3CCCC3CO)ccc21. The molecule has 4 heteroatoms. The lowest BCUT2D eigenvalue weighted by Gasteiger charge is -2.26. The minimum absolute atomic E-state index is 0.193. The molecule has 0 spiro atoms. The van der Waals surface area contributed by atoms with Crippen LogP contribution in [0, 0.1) is 5.92 Å². The molecule has 0 saturated heterocycles. The van der Waals surface area contributed by atoms with Crippen molar-refractivity contribution in [2.75, 3.05) is 31.6 Å². The second kappa shape index (κ2) is 6.34. The first-order valence-electron chi connectivity index (χ1n) is 8.14. The Labute approximate surface area is 127 Å². The Morgan fingerprint density at radius 2 is 2.29 bits per heavy atom. The van der Waals surface area contributed by atoms with Crippen molar-refractivity contribution in [3.63, 3.8) is 0 Å². The van der Waals surface area contributed by atoms with Gasteiger partial charge in [-0.1, -0.05) is 18.6 Å². The number of nitrogens with one attached hydrogen (secondary N) is 1. The summed E-state index contributed by atoms with van der Waals surface area (Å²) in [6.07, 6.45) is 4.60. The number of benzene rings is 1. The third kappa shape index (κ3) is 2.93. The van der Waals surface area contributed by atoms with Crippen LogP contribution in [0.3, 0.4) is 0 Å². The highest BCUT2D eigenvalue weighted by Gasteiger charge is 2.29. The molecular weight excluding hydrogens is 262 g/mol. The lowest BCUT2D eigenvalue weighted by atomic mass is 9.99. The van der Waals surface area contributed by atoms with Crippen LogP contribution in [0.15, 0.2) is 18.2 Å². The van der Waals surface area contributed by atoms with E-state index in [1.165, 1.54) is 23.2 Å². The highest BCUT2D eigenvalue weighted by Crippen LogP contribution is 2.31. The Morgan fingerprint density at radius 3 is 3.05 bits per heavy atom. The molecule has 1 heterocycles. The van der Waals surface area contributed by atoms with Gasteiger partial charge < -0.3 is 21.1 Å². The predicted molar refractivity (Wildman–Crippen MR) is 86.6 cm³/mol. The normalized spacial score (nSPS) is 26.1. The smallest absolute Gasteiger partial charge is 0.0474 e. The van der Waals surface area contributed by atoms with Gasteiger partial charge in [0.15, 0.2) is 0 Å². The van der Waals surface area contributed by atoms with E-state index in [2.05, 4.69) is 35.5 Å². The van der Waals surface area contributed by atoms with Gasteiger partial charge in [0, 0.05) is 44.5 Å². The second-order valence-electron chi connectivity index (χ2n) is 6.49. The van der Waals surface area contributed by atoms with E-state index in [1.807, 2.05) is 0 Å². The van der Waals surface area contributed by atoms with Gasteiger partial charge in [0.05, 0.1) is 0 Å². The first-order chi connectivity index (χ1) is 10.2. The number of anilines is 1. The third-order valence-corrected chi connectivity index (χ3v) is 5.18. The molecule has 1 aromatic carbocycles. The first-order valence-corrected chi connectivity index (χ1v) is 8.14. The first kappa shape index (κ1) is 14.8. The molecule has 1 aromatic rings. The molecule has 3 atom stereocenters. The summed E-state index contributed by atoms with van der Waals surface area (Å²) in [5.41, 5.74) is 10.1. The van der Waals surface area contributed by atoms with Gasteiger partial charge in [0.2, 0.25) is 0 Å². The molecule has 0 aromatic heterocycles. The number of hydrogen-bond donors (Lipinski definition) is 3. The standard InChI is InChI=1S/C17H27N3O/c1-20-8-7-13-9-12(5-6-17(13)20)16(10-18)19-15-4-2-3-14(15)11-21/h5-6,9,14-16,19,21H,2-4,7-8,10-11,18H2,1H3. The van der Waals surface area contributed by atoms with Gasteiger partial charge in [-0.2, -0.15) is 0 Å². The maximum atomic E-state index is 9.47. The summed E-state index contributed by atoms with van der Waals surface area (Å²) in [5, 5.41) is 13.2. The number of rotatable bonds is 5. The fourth-order valence-electron chi connectivity index (χ4n) is 3.84. The van der Waals surface area contributed by atoms with E-state index in [9.17, 15) is 5.11 Å². The summed E-state index contributed by atoms with van der Waals surface area (Å²) in [7, 11) is 2.15. The summed E-state index contributed by atoms with van der Waals surface area (Å²) in [6.45, 7) is 1.99. The van der Waals surface area contributed by atoms with Crippen LogP contribution in [-0.2, 0) is 6.42 Å². The van der Waals surface area contributed by atoms with Crippen LogP contribution in [0.5, 0.6) is 0 Å². The van der Waals surface area contributed by atoms with Crippen molar-refractivity contribution in [3.8, 4) is 0 Å². The second-order valence-corrected chi connectivity index (χ2v) is 6.49. The Balaban J connectivity index is 1.74. The highest BCUT2D eigenvalue weighted by molar-refractivity contribution is 5.58. The zero-order valence-electron chi connectivity index (χ0n) is 12.9. The monoisotopic (exact) mass is 289 g/mol. The molecule has 1 aliphatic carbocycles. The predicted octanol–water partition coefficient (Wildman–Crippen LogP) is 1.43. The molecule has 1 saturated carbocycles. The van der Waals surface area contributed by atoms with Gasteiger partial charge in [0.25, 0.3) is 0 Å². The summed E-state index contributed by atoms with van der Waals surface area (Å²) in [5.74, 6) is 0.389. The lowest BCUT2D eigenvalue weighted by Crippen LogP contribution is -2.39. The number of fused-ring (bicyclic) bond motifs is 1. The zero-order valence-corrected chi connectivity index (χ0v) is 12.9. The average molecular weight is 289 g/mol. The number of hydrogen-bond acceptors (Lipinski definition) is 4. The lowest BCUT2D eigenvalue weighted by molar-refractivity contribution is 0.200. The highest BCUT2D eigenvalue weighted by atomic mass is 16.3. The van der Waals surface area contributed by atoms with Crippen LogP contribution in [0.25, 0.3) is 0 Å². The maximum absolute atomic E-state index is 9.47. The van der Waals surface area contributed by atoms with Gasteiger partial charge in [-0.3, -0.25) is 0 Å². The number of aliphatic hydroxyl groups is 1. The summed E-state index contributed by atoms with van der Waals surface area (Å²) in [4.78, 5) is 2.31. The van der Waals surface area contributed by atoms with Crippen LogP contribution in [0.1, 0.15) is 36.4 Å². The Hall–Kier alpha value is -1.10. The van der Waals surface area contributed by atoms with Crippen molar-refractivity contribution in [1.82, 2.24) is 5.32 Å². The van der Waals surface area contributed by atoms with Gasteiger partial charge in [-0.05, 0) is 42.4 Å².